The molecule has 0 aliphatic carbocycles. The SMILES string of the molecule is COc1cc(Nc2ncc3c(n2)CCN(S(=O)(=O)c2cc(OC)ccc2OC)C3)cc(OC)c1. The molecule has 11 heteroatoms. The van der Waals surface area contributed by atoms with Crippen molar-refractivity contribution in [1.29, 1.82) is 0 Å². The topological polar surface area (TPSA) is 112 Å². The van der Waals surface area contributed by atoms with E-state index in [0.29, 0.717) is 35.3 Å². The molecule has 0 unspecified atom stereocenters. The van der Waals surface area contributed by atoms with Crippen LogP contribution in [0.2, 0.25) is 0 Å². The van der Waals surface area contributed by atoms with Crippen LogP contribution >= 0.6 is 0 Å². The van der Waals surface area contributed by atoms with Crippen LogP contribution in [0, 0.1) is 0 Å². The average Bonchev–Trinajstić information content (AvgIpc) is 2.87. The Hall–Kier alpha value is -3.57. The Kier molecular flexibility index (Phi) is 6.75. The number of methoxy groups -OCH3 is 4. The van der Waals surface area contributed by atoms with Crippen LogP contribution in [0.15, 0.2) is 47.5 Å². The Morgan fingerprint density at radius 2 is 1.62 bits per heavy atom. The molecule has 180 valence electrons. The first kappa shape index (κ1) is 23.6. The number of hydrogen-bond acceptors (Lipinski definition) is 9. The third kappa shape index (κ3) is 4.70. The first-order valence-corrected chi connectivity index (χ1v) is 11.9. The van der Waals surface area contributed by atoms with Gasteiger partial charge in [0.25, 0.3) is 0 Å². The van der Waals surface area contributed by atoms with Gasteiger partial charge in [-0.25, -0.2) is 18.4 Å². The van der Waals surface area contributed by atoms with Crippen molar-refractivity contribution in [2.75, 3.05) is 40.3 Å². The molecule has 3 aromatic rings. The van der Waals surface area contributed by atoms with Crippen LogP contribution in [-0.4, -0.2) is 57.7 Å². The number of rotatable bonds is 8. The standard InChI is InChI=1S/C23H26N4O6S/c1-30-17-5-6-21(33-4)22(12-17)34(28,29)27-8-7-20-15(14-27)13-24-23(26-20)25-16-9-18(31-2)11-19(10-16)32-3/h5-6,9-13H,7-8,14H2,1-4H3,(H,24,25,26). The molecule has 1 N–H and O–H groups in total. The third-order valence-electron chi connectivity index (χ3n) is 5.50. The molecule has 0 atom stereocenters. The van der Waals surface area contributed by atoms with Crippen molar-refractivity contribution in [3.05, 3.63) is 53.9 Å². The van der Waals surface area contributed by atoms with E-state index in [2.05, 4.69) is 15.3 Å². The lowest BCUT2D eigenvalue weighted by Gasteiger charge is -2.28. The van der Waals surface area contributed by atoms with E-state index in [1.165, 1.54) is 24.6 Å². The van der Waals surface area contributed by atoms with Gasteiger partial charge in [-0.1, -0.05) is 0 Å². The lowest BCUT2D eigenvalue weighted by Crippen LogP contribution is -2.36. The number of hydrogen-bond donors (Lipinski definition) is 1. The van der Waals surface area contributed by atoms with Gasteiger partial charge in [-0.3, -0.25) is 0 Å². The minimum atomic E-state index is -3.82. The lowest BCUT2D eigenvalue weighted by molar-refractivity contribution is 0.371. The molecule has 1 aromatic heterocycles. The number of sulfonamides is 1. The molecule has 0 saturated heterocycles. The molecular weight excluding hydrogens is 460 g/mol. The van der Waals surface area contributed by atoms with Crippen LogP contribution in [0.4, 0.5) is 11.6 Å². The fourth-order valence-corrected chi connectivity index (χ4v) is 5.28. The smallest absolute Gasteiger partial charge is 0.247 e. The Balaban J connectivity index is 1.57. The van der Waals surface area contributed by atoms with Gasteiger partial charge < -0.3 is 24.3 Å². The summed E-state index contributed by atoms with van der Waals surface area (Å²) in [5.74, 6) is 2.36. The predicted molar refractivity (Wildman–Crippen MR) is 126 cm³/mol. The summed E-state index contributed by atoms with van der Waals surface area (Å²) >= 11 is 0. The first-order valence-electron chi connectivity index (χ1n) is 10.4. The number of nitrogens with zero attached hydrogens (tertiary/aromatic N) is 3. The Morgan fingerprint density at radius 1 is 0.912 bits per heavy atom. The second-order valence-corrected chi connectivity index (χ2v) is 9.40. The summed E-state index contributed by atoms with van der Waals surface area (Å²) in [6.07, 6.45) is 2.09. The summed E-state index contributed by atoms with van der Waals surface area (Å²) in [4.78, 5) is 9.04. The van der Waals surface area contributed by atoms with Crippen molar-refractivity contribution >= 4 is 21.7 Å². The monoisotopic (exact) mass is 486 g/mol. The second-order valence-electron chi connectivity index (χ2n) is 7.50. The minimum absolute atomic E-state index is 0.0592. The van der Waals surface area contributed by atoms with Crippen molar-refractivity contribution in [2.24, 2.45) is 0 Å². The number of benzene rings is 2. The molecule has 1 aliphatic rings. The van der Waals surface area contributed by atoms with Crippen LogP contribution in [0.5, 0.6) is 23.0 Å². The third-order valence-corrected chi connectivity index (χ3v) is 7.36. The number of ether oxygens (including phenoxy) is 4. The number of nitrogens with one attached hydrogen (secondary N) is 1. The summed E-state index contributed by atoms with van der Waals surface area (Å²) in [7, 11) is 2.25. The highest BCUT2D eigenvalue weighted by Gasteiger charge is 2.32. The number of fused-ring (bicyclic) bond motifs is 1. The Bertz CT molecular complexity index is 1280. The zero-order valence-electron chi connectivity index (χ0n) is 19.4. The molecule has 0 radical (unpaired) electrons. The summed E-state index contributed by atoms with van der Waals surface area (Å²) < 4.78 is 49.3. The van der Waals surface area contributed by atoms with Crippen LogP contribution in [0.1, 0.15) is 11.3 Å². The van der Waals surface area contributed by atoms with E-state index >= 15 is 0 Å². The predicted octanol–water partition coefficient (Wildman–Crippen LogP) is 3.00. The zero-order valence-corrected chi connectivity index (χ0v) is 20.2. The Labute approximate surface area is 198 Å². The molecule has 4 rings (SSSR count). The van der Waals surface area contributed by atoms with E-state index in [-0.39, 0.29) is 23.7 Å². The molecular formula is C23H26N4O6S. The number of aromatic nitrogens is 2. The van der Waals surface area contributed by atoms with Crippen molar-refractivity contribution in [3.8, 4) is 23.0 Å². The minimum Gasteiger partial charge on any atom is -0.497 e. The highest BCUT2D eigenvalue weighted by atomic mass is 32.2. The summed E-state index contributed by atoms with van der Waals surface area (Å²) in [5, 5.41) is 3.15. The van der Waals surface area contributed by atoms with Gasteiger partial charge in [-0.15, -0.1) is 0 Å². The van der Waals surface area contributed by atoms with E-state index < -0.39 is 10.0 Å². The van der Waals surface area contributed by atoms with Crippen molar-refractivity contribution < 1.29 is 27.4 Å². The van der Waals surface area contributed by atoms with Gasteiger partial charge in [-0.05, 0) is 12.1 Å². The first-order chi connectivity index (χ1) is 16.4. The van der Waals surface area contributed by atoms with Crippen molar-refractivity contribution in [1.82, 2.24) is 14.3 Å². The van der Waals surface area contributed by atoms with Gasteiger partial charge in [0.05, 0.1) is 34.1 Å². The molecule has 10 nitrogen and oxygen atoms in total. The van der Waals surface area contributed by atoms with E-state index in [9.17, 15) is 8.42 Å². The largest absolute Gasteiger partial charge is 0.497 e. The van der Waals surface area contributed by atoms with Gasteiger partial charge in [0.1, 0.15) is 27.9 Å². The van der Waals surface area contributed by atoms with E-state index in [4.69, 9.17) is 18.9 Å². The highest BCUT2D eigenvalue weighted by molar-refractivity contribution is 7.89. The van der Waals surface area contributed by atoms with Crippen LogP contribution < -0.4 is 24.3 Å². The summed E-state index contributed by atoms with van der Waals surface area (Å²) in [5.41, 5.74) is 2.24. The summed E-state index contributed by atoms with van der Waals surface area (Å²) in [6.45, 7) is 0.435. The van der Waals surface area contributed by atoms with E-state index in [1.54, 1.807) is 50.7 Å². The molecule has 2 heterocycles. The lowest BCUT2D eigenvalue weighted by atomic mass is 10.1. The molecule has 0 bridgehead atoms. The second kappa shape index (κ2) is 9.74. The van der Waals surface area contributed by atoms with Gasteiger partial charge in [0, 0.05) is 61.2 Å². The zero-order chi connectivity index (χ0) is 24.3. The van der Waals surface area contributed by atoms with Crippen LogP contribution in [0.3, 0.4) is 0 Å². The van der Waals surface area contributed by atoms with Crippen molar-refractivity contribution in [2.45, 2.75) is 17.9 Å². The number of anilines is 2. The normalized spacial score (nSPS) is 13.6. The Morgan fingerprint density at radius 3 is 2.26 bits per heavy atom. The maximum Gasteiger partial charge on any atom is 0.247 e. The van der Waals surface area contributed by atoms with E-state index in [1.807, 2.05) is 0 Å². The van der Waals surface area contributed by atoms with Gasteiger partial charge in [0.2, 0.25) is 16.0 Å². The fourth-order valence-electron chi connectivity index (χ4n) is 3.69. The quantitative estimate of drug-likeness (QED) is 0.513. The average molecular weight is 487 g/mol. The highest BCUT2D eigenvalue weighted by Crippen LogP contribution is 2.33. The maximum atomic E-state index is 13.4. The molecule has 1 aliphatic heterocycles. The van der Waals surface area contributed by atoms with Crippen LogP contribution in [-0.2, 0) is 23.0 Å². The molecule has 0 amide bonds. The summed E-state index contributed by atoms with van der Waals surface area (Å²) in [6, 6.07) is 10.1. The van der Waals surface area contributed by atoms with Crippen LogP contribution in [0.25, 0.3) is 0 Å². The molecule has 2 aromatic carbocycles. The van der Waals surface area contributed by atoms with Crippen molar-refractivity contribution in [3.63, 3.8) is 0 Å². The van der Waals surface area contributed by atoms with Gasteiger partial charge in [-0.2, -0.15) is 4.31 Å². The molecule has 0 fully saturated rings. The van der Waals surface area contributed by atoms with E-state index in [0.717, 1.165) is 11.3 Å². The maximum absolute atomic E-state index is 13.4. The van der Waals surface area contributed by atoms with Gasteiger partial charge >= 0.3 is 0 Å². The molecule has 0 spiro atoms. The fraction of sp³-hybridized carbons (Fsp3) is 0.304. The van der Waals surface area contributed by atoms with Gasteiger partial charge in [0.15, 0.2) is 0 Å². The molecule has 0 saturated carbocycles. The molecule has 34 heavy (non-hydrogen) atoms.